The maximum atomic E-state index is 14.3. The van der Waals surface area contributed by atoms with Crippen LogP contribution in [0.25, 0.3) is 11.2 Å². The molecule has 2 heterocycles. The third kappa shape index (κ3) is 7.51. The van der Waals surface area contributed by atoms with Crippen molar-refractivity contribution in [1.29, 1.82) is 0 Å². The Kier molecular flexibility index (Phi) is 9.89. The van der Waals surface area contributed by atoms with E-state index in [9.17, 15) is 9.36 Å². The highest BCUT2D eigenvalue weighted by Crippen LogP contribution is 2.43. The first-order chi connectivity index (χ1) is 17.8. The highest BCUT2D eigenvalue weighted by molar-refractivity contribution is 7.59. The van der Waals surface area contributed by atoms with Crippen molar-refractivity contribution in [2.24, 2.45) is 0 Å². The van der Waals surface area contributed by atoms with Crippen molar-refractivity contribution in [3.05, 3.63) is 47.0 Å². The number of carbonyl (C=O) groups is 1. The molecule has 3 rings (SSSR count). The Hall–Kier alpha value is -2.56. The van der Waals surface area contributed by atoms with Crippen LogP contribution in [0.2, 0.25) is 5.02 Å². The van der Waals surface area contributed by atoms with E-state index in [1.54, 1.807) is 30.8 Å². The first-order valence-electron chi connectivity index (χ1n) is 12.5. The van der Waals surface area contributed by atoms with Gasteiger partial charge < -0.3 is 19.8 Å². The third-order valence-corrected chi connectivity index (χ3v) is 8.40. The quantitative estimate of drug-likeness (QED) is 0.198. The number of aromatic nitrogens is 4. The number of nitrogens with zero attached hydrogens (tertiary/aromatic N) is 4. The molecule has 0 fully saturated rings. The molecule has 3 aromatic rings. The van der Waals surface area contributed by atoms with Crippen LogP contribution in [-0.4, -0.2) is 50.1 Å². The molecule has 1 aromatic carbocycles. The fourth-order valence-electron chi connectivity index (χ4n) is 4.08. The van der Waals surface area contributed by atoms with E-state index in [0.29, 0.717) is 35.0 Å². The minimum absolute atomic E-state index is 0.181. The van der Waals surface area contributed by atoms with E-state index in [1.165, 1.54) is 6.33 Å². The van der Waals surface area contributed by atoms with E-state index in [-0.39, 0.29) is 25.1 Å². The van der Waals surface area contributed by atoms with Crippen LogP contribution in [-0.2, 0) is 25.4 Å². The Bertz CT molecular complexity index is 1320. The zero-order valence-electron chi connectivity index (χ0n) is 22.7. The number of carbonyl (C=O) groups excluding carboxylic acids is 1. The van der Waals surface area contributed by atoms with Crippen molar-refractivity contribution >= 4 is 42.0 Å². The number of esters is 1. The standard InChI is InChI=1S/C25H37ClN7O4P/c1-7-10-36-24(34)25(5,6)32-38(35,31-18(4)20-9-8-19(26)11-16(20)2)15-37-17(3)12-33-14-30-21-22(27)28-13-29-23(21)33/h8-9,11,13-14,17-18H,7,10,12,15H2,1-6H3,(H2,27,28,29)(H2,31,32,35)/t17-,18+,38?/m1/s1. The minimum Gasteiger partial charge on any atom is -0.464 e. The maximum absolute atomic E-state index is 14.3. The summed E-state index contributed by atoms with van der Waals surface area (Å²) < 4.78 is 27.5. The van der Waals surface area contributed by atoms with Crippen LogP contribution in [0.5, 0.6) is 0 Å². The Labute approximate surface area is 228 Å². The molecule has 208 valence electrons. The lowest BCUT2D eigenvalue weighted by Crippen LogP contribution is -2.49. The monoisotopic (exact) mass is 565 g/mol. The molecule has 0 aliphatic rings. The summed E-state index contributed by atoms with van der Waals surface area (Å²) in [4.78, 5) is 25.2. The largest absolute Gasteiger partial charge is 0.464 e. The molecule has 0 spiro atoms. The summed E-state index contributed by atoms with van der Waals surface area (Å²) in [7, 11) is -3.51. The molecule has 0 radical (unpaired) electrons. The van der Waals surface area contributed by atoms with Gasteiger partial charge in [0.2, 0.25) is 7.44 Å². The summed E-state index contributed by atoms with van der Waals surface area (Å²) in [5.74, 6) is -0.198. The molecule has 3 atom stereocenters. The molecule has 4 N–H and O–H groups in total. The molecule has 1 unspecified atom stereocenters. The molecule has 0 saturated heterocycles. The van der Waals surface area contributed by atoms with Gasteiger partial charge in [-0.05, 0) is 64.3 Å². The van der Waals surface area contributed by atoms with Crippen LogP contribution >= 0.6 is 19.0 Å². The predicted molar refractivity (Wildman–Crippen MR) is 149 cm³/mol. The van der Waals surface area contributed by atoms with Gasteiger partial charge in [0.25, 0.3) is 0 Å². The number of ether oxygens (including phenoxy) is 2. The smallest absolute Gasteiger partial charge is 0.326 e. The van der Waals surface area contributed by atoms with Gasteiger partial charge in [0.15, 0.2) is 11.5 Å². The summed E-state index contributed by atoms with van der Waals surface area (Å²) in [6.45, 7) is 11.6. The van der Waals surface area contributed by atoms with E-state index >= 15 is 0 Å². The zero-order chi connectivity index (χ0) is 28.1. The van der Waals surface area contributed by atoms with Crippen molar-refractivity contribution < 1.29 is 18.8 Å². The number of imidazole rings is 1. The molecule has 0 saturated carbocycles. The SMILES string of the molecule is CCCOC(=O)C(C)(C)NP(=O)(CO[C@H](C)Cn1cnc2c(N)ncnc21)N[C@@H](C)c1ccc(Cl)cc1C. The van der Waals surface area contributed by atoms with Gasteiger partial charge >= 0.3 is 5.97 Å². The lowest BCUT2D eigenvalue weighted by Gasteiger charge is -2.33. The van der Waals surface area contributed by atoms with E-state index in [0.717, 1.165) is 11.1 Å². The van der Waals surface area contributed by atoms with Crippen molar-refractivity contribution in [3.63, 3.8) is 0 Å². The summed E-state index contributed by atoms with van der Waals surface area (Å²) in [6, 6.07) is 5.20. The predicted octanol–water partition coefficient (Wildman–Crippen LogP) is 4.60. The van der Waals surface area contributed by atoms with Gasteiger partial charge in [0.05, 0.1) is 25.6 Å². The van der Waals surface area contributed by atoms with Gasteiger partial charge in [0.1, 0.15) is 23.7 Å². The van der Waals surface area contributed by atoms with Gasteiger partial charge in [0, 0.05) is 11.1 Å². The van der Waals surface area contributed by atoms with Crippen LogP contribution in [0, 0.1) is 6.92 Å². The molecule has 2 aromatic heterocycles. The minimum atomic E-state index is -3.51. The van der Waals surface area contributed by atoms with Crippen molar-refractivity contribution in [3.8, 4) is 0 Å². The Morgan fingerprint density at radius 3 is 2.68 bits per heavy atom. The second-order valence-corrected chi connectivity index (χ2v) is 12.6. The fraction of sp³-hybridized carbons (Fsp3) is 0.520. The third-order valence-electron chi connectivity index (χ3n) is 5.93. The molecule has 0 aliphatic carbocycles. The van der Waals surface area contributed by atoms with Crippen LogP contribution < -0.4 is 15.9 Å². The van der Waals surface area contributed by atoms with E-state index in [2.05, 4.69) is 25.1 Å². The van der Waals surface area contributed by atoms with Gasteiger partial charge in [-0.2, -0.15) is 0 Å². The number of nitrogens with one attached hydrogen (secondary N) is 2. The van der Waals surface area contributed by atoms with Gasteiger partial charge in [-0.25, -0.2) is 25.1 Å². The number of rotatable bonds is 13. The van der Waals surface area contributed by atoms with Crippen molar-refractivity contribution in [2.75, 3.05) is 18.7 Å². The highest BCUT2D eigenvalue weighted by atomic mass is 35.5. The van der Waals surface area contributed by atoms with Crippen molar-refractivity contribution in [1.82, 2.24) is 29.7 Å². The Morgan fingerprint density at radius 1 is 1.26 bits per heavy atom. The summed E-state index contributed by atoms with van der Waals surface area (Å²) >= 11 is 6.13. The fourth-order valence-corrected chi connectivity index (χ4v) is 6.73. The van der Waals surface area contributed by atoms with Crippen LogP contribution in [0.3, 0.4) is 0 Å². The number of nitrogen functional groups attached to an aromatic ring is 1. The van der Waals surface area contributed by atoms with Crippen molar-refractivity contribution in [2.45, 2.75) is 72.2 Å². The lowest BCUT2D eigenvalue weighted by molar-refractivity contribution is -0.149. The Balaban J connectivity index is 1.79. The number of hydrogen-bond donors (Lipinski definition) is 3. The Morgan fingerprint density at radius 2 is 2.00 bits per heavy atom. The summed E-state index contributed by atoms with van der Waals surface area (Å²) in [5, 5.41) is 6.85. The first kappa shape index (κ1) is 30.0. The molecule has 38 heavy (non-hydrogen) atoms. The molecule has 11 nitrogen and oxygen atoms in total. The van der Waals surface area contributed by atoms with Gasteiger partial charge in [-0.15, -0.1) is 0 Å². The molecular formula is C25H37ClN7O4P. The van der Waals surface area contributed by atoms with Crippen LogP contribution in [0.4, 0.5) is 5.82 Å². The number of hydrogen-bond acceptors (Lipinski definition) is 8. The topological polar surface area (TPSA) is 146 Å². The van der Waals surface area contributed by atoms with Gasteiger partial charge in [-0.1, -0.05) is 24.6 Å². The number of anilines is 1. The molecular weight excluding hydrogens is 529 g/mol. The molecule has 0 aliphatic heterocycles. The maximum Gasteiger partial charge on any atom is 0.326 e. The van der Waals surface area contributed by atoms with E-state index < -0.39 is 19.0 Å². The second-order valence-electron chi connectivity index (χ2n) is 9.90. The number of fused-ring (bicyclic) bond motifs is 1. The number of nitrogens with two attached hydrogens (primary N) is 1. The number of halogens is 1. The summed E-state index contributed by atoms with van der Waals surface area (Å²) in [6.07, 6.45) is 3.13. The normalized spacial score (nSPS) is 15.2. The molecule has 0 amide bonds. The number of benzene rings is 1. The number of aryl methyl sites for hydroxylation is 1. The zero-order valence-corrected chi connectivity index (χ0v) is 24.3. The van der Waals surface area contributed by atoms with Crippen LogP contribution in [0.1, 0.15) is 58.2 Å². The van der Waals surface area contributed by atoms with E-state index in [1.807, 2.05) is 39.8 Å². The first-order valence-corrected chi connectivity index (χ1v) is 14.7. The van der Waals surface area contributed by atoms with E-state index in [4.69, 9.17) is 26.8 Å². The molecule has 13 heteroatoms. The van der Waals surface area contributed by atoms with Crippen LogP contribution in [0.15, 0.2) is 30.9 Å². The van der Waals surface area contributed by atoms with Gasteiger partial charge in [-0.3, -0.25) is 9.36 Å². The summed E-state index contributed by atoms with van der Waals surface area (Å²) in [5.41, 5.74) is 7.63. The lowest BCUT2D eigenvalue weighted by atomic mass is 10.0. The average molecular weight is 566 g/mol. The second kappa shape index (κ2) is 12.5. The molecule has 0 bridgehead atoms. The highest BCUT2D eigenvalue weighted by Gasteiger charge is 2.38. The average Bonchev–Trinajstić information content (AvgIpc) is 3.24.